The number of para-hydroxylation sites is 1. The Kier molecular flexibility index (Phi) is 11.3. The molecule has 0 aliphatic rings. The summed E-state index contributed by atoms with van der Waals surface area (Å²) in [6.45, 7) is 11.1. The number of anilines is 1. The molecule has 0 aliphatic heterocycles. The fourth-order valence-electron chi connectivity index (χ4n) is 2.73. The van der Waals surface area contributed by atoms with E-state index >= 15 is 0 Å². The van der Waals surface area contributed by atoms with Crippen molar-refractivity contribution in [2.75, 3.05) is 18.4 Å². The second kappa shape index (κ2) is 10.7. The largest absolute Gasteiger partial charge is 0.376 e. The Balaban J connectivity index is 0. The van der Waals surface area contributed by atoms with Crippen LogP contribution in [0.4, 0.5) is 5.69 Å². The van der Waals surface area contributed by atoms with Crippen LogP contribution in [0.1, 0.15) is 38.3 Å². The zero-order chi connectivity index (χ0) is 16.0. The molecule has 1 unspecified atom stereocenters. The third-order valence-corrected chi connectivity index (χ3v) is 3.66. The zero-order valence-electron chi connectivity index (χ0n) is 14.7. The second-order valence-corrected chi connectivity index (χ2v) is 6.53. The molecule has 0 saturated heterocycles. The lowest BCUT2D eigenvalue weighted by Gasteiger charge is -2.31. The molecule has 0 radical (unpaired) electrons. The standard InChI is InChI=1S/C17H29N3O.2ClH/c1-12(2)9-17(5,11-18)20-15(21)10-19-16-13(3)7-6-8-14(16)4;;/h6-8,12,19H,9-11,18H2,1-5H3,(H,20,21);2*1H. The first-order valence-electron chi connectivity index (χ1n) is 7.58. The Hall–Kier alpha value is -0.970. The first-order valence-corrected chi connectivity index (χ1v) is 7.58. The van der Waals surface area contributed by atoms with E-state index in [0.717, 1.165) is 23.2 Å². The fourth-order valence-corrected chi connectivity index (χ4v) is 2.73. The van der Waals surface area contributed by atoms with Gasteiger partial charge in [0, 0.05) is 17.8 Å². The van der Waals surface area contributed by atoms with Crippen molar-refractivity contribution in [2.45, 2.75) is 46.6 Å². The Bertz CT molecular complexity index is 474. The molecule has 6 heteroatoms. The Morgan fingerprint density at radius 3 is 2.17 bits per heavy atom. The van der Waals surface area contributed by atoms with Crippen molar-refractivity contribution in [1.82, 2.24) is 5.32 Å². The summed E-state index contributed by atoms with van der Waals surface area (Å²) in [6.07, 6.45) is 0.874. The number of hydrogen-bond acceptors (Lipinski definition) is 3. The summed E-state index contributed by atoms with van der Waals surface area (Å²) in [6, 6.07) is 6.09. The minimum absolute atomic E-state index is 0. The van der Waals surface area contributed by atoms with Crippen LogP contribution in [-0.2, 0) is 4.79 Å². The average Bonchev–Trinajstić information content (AvgIpc) is 2.37. The summed E-state index contributed by atoms with van der Waals surface area (Å²) in [7, 11) is 0. The maximum Gasteiger partial charge on any atom is 0.239 e. The van der Waals surface area contributed by atoms with E-state index in [4.69, 9.17) is 5.73 Å². The first-order chi connectivity index (χ1) is 9.77. The van der Waals surface area contributed by atoms with Gasteiger partial charge in [0.2, 0.25) is 5.91 Å². The van der Waals surface area contributed by atoms with Crippen LogP contribution >= 0.6 is 24.8 Å². The quantitative estimate of drug-likeness (QED) is 0.694. The highest BCUT2D eigenvalue weighted by Crippen LogP contribution is 2.19. The average molecular weight is 364 g/mol. The minimum atomic E-state index is -0.340. The van der Waals surface area contributed by atoms with Gasteiger partial charge in [0.05, 0.1) is 6.54 Å². The summed E-state index contributed by atoms with van der Waals surface area (Å²) >= 11 is 0. The summed E-state index contributed by atoms with van der Waals surface area (Å²) in [5.74, 6) is 0.469. The first kappa shape index (κ1) is 24.3. The molecule has 134 valence electrons. The molecular weight excluding hydrogens is 333 g/mol. The monoisotopic (exact) mass is 363 g/mol. The summed E-state index contributed by atoms with van der Waals surface area (Å²) in [5, 5.41) is 6.29. The van der Waals surface area contributed by atoms with Crippen molar-refractivity contribution < 1.29 is 4.79 Å². The number of nitrogens with two attached hydrogens (primary N) is 1. The van der Waals surface area contributed by atoms with Gasteiger partial charge in [0.1, 0.15) is 0 Å². The zero-order valence-corrected chi connectivity index (χ0v) is 16.4. The van der Waals surface area contributed by atoms with Crippen LogP contribution in [0.3, 0.4) is 0 Å². The van der Waals surface area contributed by atoms with Crippen molar-refractivity contribution in [3.05, 3.63) is 29.3 Å². The van der Waals surface area contributed by atoms with E-state index in [0.29, 0.717) is 12.5 Å². The Morgan fingerprint density at radius 2 is 1.74 bits per heavy atom. The normalized spacial score (nSPS) is 12.7. The molecule has 1 aromatic rings. The number of carbonyl (C=O) groups excluding carboxylic acids is 1. The van der Waals surface area contributed by atoms with Crippen molar-refractivity contribution >= 4 is 36.4 Å². The van der Waals surface area contributed by atoms with Gasteiger partial charge in [-0.1, -0.05) is 32.0 Å². The lowest BCUT2D eigenvalue weighted by Crippen LogP contribution is -2.53. The lowest BCUT2D eigenvalue weighted by atomic mass is 9.91. The molecule has 1 atom stereocenters. The second-order valence-electron chi connectivity index (χ2n) is 6.53. The molecular formula is C17H31Cl2N3O. The van der Waals surface area contributed by atoms with Gasteiger partial charge in [-0.05, 0) is 44.2 Å². The van der Waals surface area contributed by atoms with Crippen LogP contribution < -0.4 is 16.4 Å². The van der Waals surface area contributed by atoms with Crippen LogP contribution in [0, 0.1) is 19.8 Å². The number of carbonyl (C=O) groups is 1. The summed E-state index contributed by atoms with van der Waals surface area (Å²) in [5.41, 5.74) is 8.81. The molecule has 4 N–H and O–H groups in total. The highest BCUT2D eigenvalue weighted by molar-refractivity contribution is 5.85. The van der Waals surface area contributed by atoms with Gasteiger partial charge in [-0.25, -0.2) is 0 Å². The van der Waals surface area contributed by atoms with Crippen molar-refractivity contribution in [2.24, 2.45) is 11.7 Å². The van der Waals surface area contributed by atoms with E-state index in [1.807, 2.05) is 39.0 Å². The molecule has 0 aliphatic carbocycles. The third kappa shape index (κ3) is 7.91. The number of hydrogen-bond donors (Lipinski definition) is 3. The van der Waals surface area contributed by atoms with E-state index in [9.17, 15) is 4.79 Å². The third-order valence-electron chi connectivity index (χ3n) is 3.66. The highest BCUT2D eigenvalue weighted by Gasteiger charge is 2.25. The molecule has 1 amide bonds. The summed E-state index contributed by atoms with van der Waals surface area (Å²) < 4.78 is 0. The maximum absolute atomic E-state index is 12.2. The van der Waals surface area contributed by atoms with Gasteiger partial charge >= 0.3 is 0 Å². The molecule has 0 saturated carbocycles. The molecule has 23 heavy (non-hydrogen) atoms. The van der Waals surface area contributed by atoms with Crippen molar-refractivity contribution in [3.63, 3.8) is 0 Å². The van der Waals surface area contributed by atoms with Gasteiger partial charge in [0.25, 0.3) is 0 Å². The minimum Gasteiger partial charge on any atom is -0.376 e. The predicted octanol–water partition coefficient (Wildman–Crippen LogP) is 3.44. The number of aryl methyl sites for hydroxylation is 2. The Labute approximate surface area is 152 Å². The van der Waals surface area contributed by atoms with Crippen LogP contribution in [0.15, 0.2) is 18.2 Å². The van der Waals surface area contributed by atoms with Crippen LogP contribution in [0.2, 0.25) is 0 Å². The number of halogens is 2. The smallest absolute Gasteiger partial charge is 0.239 e. The van der Waals surface area contributed by atoms with Crippen molar-refractivity contribution in [1.29, 1.82) is 0 Å². The fraction of sp³-hybridized carbons (Fsp3) is 0.588. The number of rotatable bonds is 7. The molecule has 1 rings (SSSR count). The summed E-state index contributed by atoms with van der Waals surface area (Å²) in [4.78, 5) is 12.2. The molecule has 0 heterocycles. The topological polar surface area (TPSA) is 67.2 Å². The number of benzene rings is 1. The molecule has 0 bridgehead atoms. The Morgan fingerprint density at radius 1 is 1.22 bits per heavy atom. The predicted molar refractivity (Wildman–Crippen MR) is 104 cm³/mol. The number of amides is 1. The van der Waals surface area contributed by atoms with E-state index in [1.54, 1.807) is 0 Å². The number of nitrogens with one attached hydrogen (secondary N) is 2. The van der Waals surface area contributed by atoms with E-state index < -0.39 is 0 Å². The van der Waals surface area contributed by atoms with Crippen LogP contribution in [0.5, 0.6) is 0 Å². The molecule has 0 aromatic heterocycles. The lowest BCUT2D eigenvalue weighted by molar-refractivity contribution is -0.121. The van der Waals surface area contributed by atoms with Crippen molar-refractivity contribution in [3.8, 4) is 0 Å². The maximum atomic E-state index is 12.2. The highest BCUT2D eigenvalue weighted by atomic mass is 35.5. The van der Waals surface area contributed by atoms with Crippen LogP contribution in [0.25, 0.3) is 0 Å². The molecule has 4 nitrogen and oxygen atoms in total. The van der Waals surface area contributed by atoms with Gasteiger partial charge in [0.15, 0.2) is 0 Å². The molecule has 0 spiro atoms. The van der Waals surface area contributed by atoms with Crippen LogP contribution in [-0.4, -0.2) is 24.5 Å². The van der Waals surface area contributed by atoms with Gasteiger partial charge in [-0.3, -0.25) is 4.79 Å². The van der Waals surface area contributed by atoms with E-state index in [2.05, 4.69) is 24.5 Å². The van der Waals surface area contributed by atoms with Gasteiger partial charge < -0.3 is 16.4 Å². The van der Waals surface area contributed by atoms with Gasteiger partial charge in [-0.15, -0.1) is 24.8 Å². The SMILES string of the molecule is Cc1cccc(C)c1NCC(=O)NC(C)(CN)CC(C)C.Cl.Cl. The van der Waals surface area contributed by atoms with E-state index in [-0.39, 0.29) is 42.8 Å². The molecule has 1 aromatic carbocycles. The van der Waals surface area contributed by atoms with E-state index in [1.165, 1.54) is 0 Å². The van der Waals surface area contributed by atoms with Gasteiger partial charge in [-0.2, -0.15) is 0 Å². The molecule has 0 fully saturated rings.